The highest BCUT2D eigenvalue weighted by Crippen LogP contribution is 2.23. The fourth-order valence-corrected chi connectivity index (χ4v) is 3.98. The summed E-state index contributed by atoms with van der Waals surface area (Å²) in [5.41, 5.74) is 0. The first-order valence-electron chi connectivity index (χ1n) is 6.02. The fourth-order valence-electron chi connectivity index (χ4n) is 2.30. The topological polar surface area (TPSA) is 81.1 Å². The maximum atomic E-state index is 12.2. The summed E-state index contributed by atoms with van der Waals surface area (Å²) in [4.78, 5) is 0. The van der Waals surface area contributed by atoms with Crippen molar-refractivity contribution in [2.75, 3.05) is 26.2 Å². The number of hydrogen-bond donors (Lipinski definition) is 2. The molecule has 2 rings (SSSR count). The summed E-state index contributed by atoms with van der Waals surface area (Å²) in [5.74, 6) is 0.566. The minimum absolute atomic E-state index is 0.00441. The largest absolute Gasteiger partial charge is 0.389 e. The third-order valence-electron chi connectivity index (χ3n) is 3.62. The van der Waals surface area contributed by atoms with E-state index in [4.69, 9.17) is 0 Å². The number of nitrogens with zero attached hydrogens (tertiary/aromatic N) is 2. The molecule has 2 atom stereocenters. The summed E-state index contributed by atoms with van der Waals surface area (Å²) in [5, 5.41) is 18.8. The first-order valence-corrected chi connectivity index (χ1v) is 7.42. The summed E-state index contributed by atoms with van der Waals surface area (Å²) in [7, 11) is -3.50. The van der Waals surface area contributed by atoms with Crippen LogP contribution in [-0.4, -0.2) is 65.6 Å². The Morgan fingerprint density at radius 3 is 1.94 bits per heavy atom. The minimum atomic E-state index is -3.50. The molecule has 0 aromatic carbocycles. The minimum Gasteiger partial charge on any atom is -0.389 e. The third kappa shape index (κ3) is 2.63. The molecule has 2 aliphatic heterocycles. The first kappa shape index (κ1) is 13.2. The van der Waals surface area contributed by atoms with E-state index in [1.165, 1.54) is 8.61 Å². The average Bonchev–Trinajstić information content (AvgIpc) is 2.60. The van der Waals surface area contributed by atoms with Gasteiger partial charge in [-0.2, -0.15) is 17.0 Å². The van der Waals surface area contributed by atoms with Crippen LogP contribution >= 0.6 is 0 Å². The first-order chi connectivity index (χ1) is 7.91. The molecule has 0 aromatic heterocycles. The molecule has 0 saturated carbocycles. The normalized spacial score (nSPS) is 34.3. The Kier molecular flexibility index (Phi) is 3.74. The highest BCUT2D eigenvalue weighted by molar-refractivity contribution is 7.86. The van der Waals surface area contributed by atoms with E-state index in [9.17, 15) is 18.6 Å². The molecule has 0 aromatic rings. The van der Waals surface area contributed by atoms with Crippen LogP contribution in [0.4, 0.5) is 0 Å². The summed E-state index contributed by atoms with van der Waals surface area (Å²) < 4.78 is 27.1. The number of β-amino-alcohol motifs (C(OH)–C–C–N with tert-alkyl or cyclic N) is 2. The predicted octanol–water partition coefficient (Wildman–Crippen LogP) is -0.999. The standard InChI is InChI=1S/C10H20N2O4S/c1-8-2-4-11(5-3-8)17(15,16)12-6-9(13)10(14)7-12/h8-10,13-14H,2-7H2,1H3/t9-,10+. The molecule has 0 bridgehead atoms. The third-order valence-corrected chi connectivity index (χ3v) is 5.59. The van der Waals surface area contributed by atoms with Crippen LogP contribution in [-0.2, 0) is 10.2 Å². The van der Waals surface area contributed by atoms with E-state index in [0.717, 1.165) is 12.8 Å². The summed E-state index contributed by atoms with van der Waals surface area (Å²) in [6, 6.07) is 0. The molecule has 2 N–H and O–H groups in total. The van der Waals surface area contributed by atoms with Crippen LogP contribution in [0, 0.1) is 5.92 Å². The Morgan fingerprint density at radius 1 is 1.00 bits per heavy atom. The van der Waals surface area contributed by atoms with Gasteiger partial charge in [-0.15, -0.1) is 0 Å². The Morgan fingerprint density at radius 2 is 1.47 bits per heavy atom. The lowest BCUT2D eigenvalue weighted by Crippen LogP contribution is -2.46. The number of hydrogen-bond acceptors (Lipinski definition) is 4. The van der Waals surface area contributed by atoms with Crippen molar-refractivity contribution in [3.8, 4) is 0 Å². The number of rotatable bonds is 2. The van der Waals surface area contributed by atoms with Crippen LogP contribution in [0.1, 0.15) is 19.8 Å². The Labute approximate surface area is 102 Å². The van der Waals surface area contributed by atoms with E-state index >= 15 is 0 Å². The van der Waals surface area contributed by atoms with Crippen molar-refractivity contribution in [2.45, 2.75) is 32.0 Å². The lowest BCUT2D eigenvalue weighted by Gasteiger charge is -2.32. The van der Waals surface area contributed by atoms with Gasteiger partial charge in [-0.25, -0.2) is 0 Å². The molecule has 0 aliphatic carbocycles. The maximum absolute atomic E-state index is 12.2. The van der Waals surface area contributed by atoms with Crippen molar-refractivity contribution in [1.29, 1.82) is 0 Å². The zero-order valence-electron chi connectivity index (χ0n) is 9.99. The highest BCUT2D eigenvalue weighted by Gasteiger charge is 2.40. The zero-order chi connectivity index (χ0) is 12.6. The van der Waals surface area contributed by atoms with Gasteiger partial charge in [-0.05, 0) is 18.8 Å². The molecule has 0 radical (unpaired) electrons. The molecule has 2 aliphatic rings. The smallest absolute Gasteiger partial charge is 0.282 e. The molecule has 17 heavy (non-hydrogen) atoms. The zero-order valence-corrected chi connectivity index (χ0v) is 10.8. The lowest BCUT2D eigenvalue weighted by atomic mass is 10.0. The van der Waals surface area contributed by atoms with E-state index < -0.39 is 22.4 Å². The van der Waals surface area contributed by atoms with Gasteiger partial charge in [0.05, 0.1) is 12.2 Å². The Hall–Kier alpha value is -0.210. The van der Waals surface area contributed by atoms with Crippen LogP contribution < -0.4 is 0 Å². The Balaban J connectivity index is 2.04. The van der Waals surface area contributed by atoms with Gasteiger partial charge >= 0.3 is 0 Å². The molecule has 7 heteroatoms. The van der Waals surface area contributed by atoms with Crippen molar-refractivity contribution >= 4 is 10.2 Å². The van der Waals surface area contributed by atoms with Crippen LogP contribution in [0.15, 0.2) is 0 Å². The fraction of sp³-hybridized carbons (Fsp3) is 1.00. The van der Waals surface area contributed by atoms with Gasteiger partial charge in [-0.3, -0.25) is 0 Å². The summed E-state index contributed by atoms with van der Waals surface area (Å²) in [6.45, 7) is 3.18. The number of aliphatic hydroxyl groups excluding tert-OH is 2. The molecule has 0 spiro atoms. The van der Waals surface area contributed by atoms with Crippen molar-refractivity contribution in [1.82, 2.24) is 8.61 Å². The second-order valence-corrected chi connectivity index (χ2v) is 6.97. The SMILES string of the molecule is CC1CCN(S(=O)(=O)N2C[C@@H](O)[C@@H](O)C2)CC1. The van der Waals surface area contributed by atoms with Crippen LogP contribution in [0.2, 0.25) is 0 Å². The second kappa shape index (κ2) is 4.81. The highest BCUT2D eigenvalue weighted by atomic mass is 32.2. The van der Waals surface area contributed by atoms with Crippen LogP contribution in [0.3, 0.4) is 0 Å². The van der Waals surface area contributed by atoms with E-state index in [1.807, 2.05) is 0 Å². The average molecular weight is 264 g/mol. The molecule has 2 heterocycles. The molecule has 2 saturated heterocycles. The summed E-state index contributed by atoms with van der Waals surface area (Å²) >= 11 is 0. The monoisotopic (exact) mass is 264 g/mol. The van der Waals surface area contributed by atoms with Crippen molar-refractivity contribution in [3.05, 3.63) is 0 Å². The maximum Gasteiger partial charge on any atom is 0.282 e. The second-order valence-electron chi connectivity index (χ2n) is 5.04. The molecule has 0 amide bonds. The molecule has 100 valence electrons. The Bertz CT molecular complexity index is 355. The van der Waals surface area contributed by atoms with Gasteiger partial charge in [0.15, 0.2) is 0 Å². The number of piperidine rings is 1. The van der Waals surface area contributed by atoms with E-state index in [-0.39, 0.29) is 13.1 Å². The summed E-state index contributed by atoms with van der Waals surface area (Å²) in [6.07, 6.45) is -0.182. The van der Waals surface area contributed by atoms with Gasteiger partial charge < -0.3 is 10.2 Å². The van der Waals surface area contributed by atoms with Crippen molar-refractivity contribution in [2.24, 2.45) is 5.92 Å². The van der Waals surface area contributed by atoms with E-state index in [0.29, 0.717) is 19.0 Å². The quantitative estimate of drug-likeness (QED) is 0.670. The van der Waals surface area contributed by atoms with Gasteiger partial charge in [0.25, 0.3) is 10.2 Å². The predicted molar refractivity (Wildman–Crippen MR) is 62.5 cm³/mol. The van der Waals surface area contributed by atoms with E-state index in [1.54, 1.807) is 0 Å². The molecule has 0 unspecified atom stereocenters. The van der Waals surface area contributed by atoms with Gasteiger partial charge in [-0.1, -0.05) is 6.92 Å². The molecular formula is C10H20N2O4S. The van der Waals surface area contributed by atoms with Gasteiger partial charge in [0.2, 0.25) is 0 Å². The van der Waals surface area contributed by atoms with Crippen molar-refractivity contribution < 1.29 is 18.6 Å². The van der Waals surface area contributed by atoms with Gasteiger partial charge in [0.1, 0.15) is 0 Å². The van der Waals surface area contributed by atoms with Crippen molar-refractivity contribution in [3.63, 3.8) is 0 Å². The van der Waals surface area contributed by atoms with Crippen LogP contribution in [0.5, 0.6) is 0 Å². The van der Waals surface area contributed by atoms with Gasteiger partial charge in [0, 0.05) is 26.2 Å². The molecular weight excluding hydrogens is 244 g/mol. The number of aliphatic hydroxyl groups is 2. The van der Waals surface area contributed by atoms with Crippen LogP contribution in [0.25, 0.3) is 0 Å². The van der Waals surface area contributed by atoms with E-state index in [2.05, 4.69) is 6.92 Å². The lowest BCUT2D eigenvalue weighted by molar-refractivity contribution is 0.0572. The molecule has 2 fully saturated rings. The molecule has 6 nitrogen and oxygen atoms in total.